The number of halogens is 3. The molecule has 1 aromatic rings. The molecule has 1 atom stereocenters. The van der Waals surface area contributed by atoms with E-state index in [-0.39, 0.29) is 17.8 Å². The molecule has 1 aliphatic rings. The Labute approximate surface area is 116 Å². The maximum Gasteiger partial charge on any atom is 0.433 e. The summed E-state index contributed by atoms with van der Waals surface area (Å²) < 4.78 is 38.5. The molecule has 0 aromatic carbocycles. The third-order valence-electron chi connectivity index (χ3n) is 3.25. The summed E-state index contributed by atoms with van der Waals surface area (Å²) in [6.45, 7) is 4.43. The quantitative estimate of drug-likeness (QED) is 0.841. The number of hydrogen-bond acceptors (Lipinski definition) is 4. The second-order valence-corrected chi connectivity index (χ2v) is 5.16. The number of anilines is 2. The largest absolute Gasteiger partial charge is 0.433 e. The highest BCUT2D eigenvalue weighted by molar-refractivity contribution is 5.44. The van der Waals surface area contributed by atoms with Gasteiger partial charge in [0.05, 0.1) is 0 Å². The first-order valence-corrected chi connectivity index (χ1v) is 6.87. The van der Waals surface area contributed by atoms with Gasteiger partial charge in [0.1, 0.15) is 5.82 Å². The fourth-order valence-corrected chi connectivity index (χ4v) is 1.93. The monoisotopic (exact) mass is 288 g/mol. The normalized spacial score (nSPS) is 16.9. The van der Waals surface area contributed by atoms with E-state index in [1.165, 1.54) is 0 Å². The lowest BCUT2D eigenvalue weighted by molar-refractivity contribution is -0.141. The lowest BCUT2D eigenvalue weighted by Crippen LogP contribution is -2.20. The highest BCUT2D eigenvalue weighted by atomic mass is 19.4. The van der Waals surface area contributed by atoms with Crippen molar-refractivity contribution in [3.63, 3.8) is 0 Å². The third kappa shape index (κ3) is 3.98. The van der Waals surface area contributed by atoms with Crippen molar-refractivity contribution in [1.82, 2.24) is 9.97 Å². The molecule has 1 fully saturated rings. The maximum atomic E-state index is 12.8. The van der Waals surface area contributed by atoms with E-state index in [0.29, 0.717) is 12.5 Å². The van der Waals surface area contributed by atoms with Crippen LogP contribution in [0, 0.1) is 5.92 Å². The van der Waals surface area contributed by atoms with Gasteiger partial charge in [-0.25, -0.2) is 4.98 Å². The van der Waals surface area contributed by atoms with Crippen LogP contribution in [-0.4, -0.2) is 22.6 Å². The molecule has 20 heavy (non-hydrogen) atoms. The molecule has 0 bridgehead atoms. The van der Waals surface area contributed by atoms with Crippen molar-refractivity contribution in [1.29, 1.82) is 0 Å². The molecule has 1 aromatic heterocycles. The van der Waals surface area contributed by atoms with Crippen LogP contribution in [0.4, 0.5) is 24.9 Å². The standard InChI is InChI=1S/C13H19F3N4/c1-3-6-17-12-19-10(13(14,15)16)7-11(20-12)18-8(2)9-4-5-9/h7-9H,3-6H2,1-2H3,(H2,17,18,19,20). The van der Waals surface area contributed by atoms with Gasteiger partial charge in [0.25, 0.3) is 0 Å². The van der Waals surface area contributed by atoms with E-state index in [2.05, 4.69) is 20.6 Å². The number of nitrogens with one attached hydrogen (secondary N) is 2. The highest BCUT2D eigenvalue weighted by Crippen LogP contribution is 2.35. The molecule has 0 aliphatic heterocycles. The molecule has 7 heteroatoms. The number of nitrogens with zero attached hydrogens (tertiary/aromatic N) is 2. The second kappa shape index (κ2) is 5.85. The van der Waals surface area contributed by atoms with Crippen LogP contribution in [0.15, 0.2) is 6.07 Å². The number of aromatic nitrogens is 2. The number of hydrogen-bond donors (Lipinski definition) is 2. The zero-order chi connectivity index (χ0) is 14.8. The minimum Gasteiger partial charge on any atom is -0.367 e. The minimum absolute atomic E-state index is 0.0205. The molecule has 0 spiro atoms. The molecular formula is C13H19F3N4. The average molecular weight is 288 g/mol. The summed E-state index contributed by atoms with van der Waals surface area (Å²) in [6.07, 6.45) is -1.44. The Hall–Kier alpha value is -1.53. The Bertz CT molecular complexity index is 457. The van der Waals surface area contributed by atoms with Crippen molar-refractivity contribution < 1.29 is 13.2 Å². The molecule has 1 heterocycles. The summed E-state index contributed by atoms with van der Waals surface area (Å²) >= 11 is 0. The van der Waals surface area contributed by atoms with Crippen molar-refractivity contribution in [3.05, 3.63) is 11.8 Å². The zero-order valence-corrected chi connectivity index (χ0v) is 11.6. The second-order valence-electron chi connectivity index (χ2n) is 5.16. The summed E-state index contributed by atoms with van der Waals surface area (Å²) in [7, 11) is 0. The fourth-order valence-electron chi connectivity index (χ4n) is 1.93. The molecule has 0 radical (unpaired) electrons. The average Bonchev–Trinajstić information content (AvgIpc) is 3.19. The van der Waals surface area contributed by atoms with Gasteiger partial charge in [-0.1, -0.05) is 6.92 Å². The van der Waals surface area contributed by atoms with Crippen molar-refractivity contribution in [2.24, 2.45) is 5.92 Å². The van der Waals surface area contributed by atoms with E-state index < -0.39 is 11.9 Å². The first kappa shape index (κ1) is 14.9. The molecule has 1 unspecified atom stereocenters. The Morgan fingerprint density at radius 2 is 2.05 bits per heavy atom. The van der Waals surface area contributed by atoms with Crippen LogP contribution in [0.1, 0.15) is 38.8 Å². The lowest BCUT2D eigenvalue weighted by Gasteiger charge is -2.16. The molecule has 0 amide bonds. The van der Waals surface area contributed by atoms with E-state index in [4.69, 9.17) is 0 Å². The summed E-state index contributed by atoms with van der Waals surface area (Å²) in [6, 6.07) is 1.10. The van der Waals surface area contributed by atoms with Crippen molar-refractivity contribution in [2.75, 3.05) is 17.2 Å². The van der Waals surface area contributed by atoms with Crippen LogP contribution in [-0.2, 0) is 6.18 Å². The maximum absolute atomic E-state index is 12.8. The molecule has 2 N–H and O–H groups in total. The van der Waals surface area contributed by atoms with E-state index in [1.54, 1.807) is 0 Å². The molecule has 4 nitrogen and oxygen atoms in total. The lowest BCUT2D eigenvalue weighted by atomic mass is 10.2. The topological polar surface area (TPSA) is 49.8 Å². The predicted octanol–water partition coefficient (Wildman–Crippen LogP) is 3.53. The van der Waals surface area contributed by atoms with Gasteiger partial charge in [0.15, 0.2) is 5.69 Å². The minimum atomic E-state index is -4.47. The van der Waals surface area contributed by atoms with Crippen molar-refractivity contribution >= 4 is 11.8 Å². The van der Waals surface area contributed by atoms with Gasteiger partial charge in [0.2, 0.25) is 5.95 Å². The van der Waals surface area contributed by atoms with Crippen LogP contribution in [0.25, 0.3) is 0 Å². The van der Waals surface area contributed by atoms with Crippen molar-refractivity contribution in [3.8, 4) is 0 Å². The SMILES string of the molecule is CCCNc1nc(NC(C)C2CC2)cc(C(F)(F)F)n1. The number of rotatable bonds is 6. The van der Waals surface area contributed by atoms with E-state index in [9.17, 15) is 13.2 Å². The van der Waals surface area contributed by atoms with Gasteiger partial charge in [-0.2, -0.15) is 18.2 Å². The summed E-state index contributed by atoms with van der Waals surface area (Å²) in [5, 5.41) is 5.85. The van der Waals surface area contributed by atoms with Crippen LogP contribution in [0.5, 0.6) is 0 Å². The van der Waals surface area contributed by atoms with Gasteiger partial charge in [-0.15, -0.1) is 0 Å². The number of alkyl halides is 3. The van der Waals surface area contributed by atoms with E-state index in [1.807, 2.05) is 13.8 Å². The van der Waals surface area contributed by atoms with Gasteiger partial charge >= 0.3 is 6.18 Å². The van der Waals surface area contributed by atoms with Crippen LogP contribution < -0.4 is 10.6 Å². The van der Waals surface area contributed by atoms with E-state index in [0.717, 1.165) is 25.3 Å². The van der Waals surface area contributed by atoms with Crippen LogP contribution in [0.2, 0.25) is 0 Å². The highest BCUT2D eigenvalue weighted by Gasteiger charge is 2.34. The molecule has 2 rings (SSSR count). The molecule has 1 saturated carbocycles. The summed E-state index contributed by atoms with van der Waals surface area (Å²) in [4.78, 5) is 7.62. The van der Waals surface area contributed by atoms with Gasteiger partial charge in [0, 0.05) is 18.7 Å². The Morgan fingerprint density at radius 3 is 2.60 bits per heavy atom. The Morgan fingerprint density at radius 1 is 1.35 bits per heavy atom. The van der Waals surface area contributed by atoms with Gasteiger partial charge < -0.3 is 10.6 Å². The van der Waals surface area contributed by atoms with Gasteiger partial charge in [-0.3, -0.25) is 0 Å². The first-order chi connectivity index (χ1) is 9.40. The predicted molar refractivity (Wildman–Crippen MR) is 71.6 cm³/mol. The van der Waals surface area contributed by atoms with Crippen LogP contribution >= 0.6 is 0 Å². The smallest absolute Gasteiger partial charge is 0.367 e. The van der Waals surface area contributed by atoms with E-state index >= 15 is 0 Å². The molecular weight excluding hydrogens is 269 g/mol. The Balaban J connectivity index is 2.19. The summed E-state index contributed by atoms with van der Waals surface area (Å²) in [5.74, 6) is 0.781. The first-order valence-electron chi connectivity index (χ1n) is 6.87. The van der Waals surface area contributed by atoms with Gasteiger partial charge in [-0.05, 0) is 32.1 Å². The molecule has 0 saturated heterocycles. The zero-order valence-electron chi connectivity index (χ0n) is 11.6. The Kier molecular flexibility index (Phi) is 4.35. The fraction of sp³-hybridized carbons (Fsp3) is 0.692. The van der Waals surface area contributed by atoms with Crippen molar-refractivity contribution in [2.45, 2.75) is 45.3 Å². The third-order valence-corrected chi connectivity index (χ3v) is 3.25. The molecule has 1 aliphatic carbocycles. The molecule has 112 valence electrons. The van der Waals surface area contributed by atoms with Crippen LogP contribution in [0.3, 0.4) is 0 Å². The summed E-state index contributed by atoms with van der Waals surface area (Å²) in [5.41, 5.74) is -0.920.